The molecule has 1 saturated heterocycles. The van der Waals surface area contributed by atoms with Gasteiger partial charge in [-0.15, -0.1) is 0 Å². The lowest BCUT2D eigenvalue weighted by Crippen LogP contribution is -2.46. The zero-order chi connectivity index (χ0) is 16.9. The van der Waals surface area contributed by atoms with Crippen LogP contribution in [-0.4, -0.2) is 46.3 Å². The van der Waals surface area contributed by atoms with E-state index in [-0.39, 0.29) is 5.91 Å². The van der Waals surface area contributed by atoms with Crippen LogP contribution in [0.4, 0.5) is 0 Å². The monoisotopic (exact) mass is 346 g/mol. The van der Waals surface area contributed by atoms with Gasteiger partial charge in [0.25, 0.3) is 5.91 Å². The normalized spacial score (nSPS) is 15.4. The van der Waals surface area contributed by atoms with Crippen molar-refractivity contribution in [3.05, 3.63) is 47.2 Å². The molecule has 1 aromatic carbocycles. The van der Waals surface area contributed by atoms with Gasteiger partial charge in [-0.2, -0.15) is 5.10 Å². The first-order valence-corrected chi connectivity index (χ1v) is 8.89. The number of carbonyl (C=O) groups excluding carboxylic acids is 1. The van der Waals surface area contributed by atoms with Crippen LogP contribution in [0.1, 0.15) is 36.5 Å². The minimum atomic E-state index is 0.0667. The van der Waals surface area contributed by atoms with Gasteiger partial charge in [0.15, 0.2) is 0 Å². The van der Waals surface area contributed by atoms with Crippen LogP contribution < -0.4 is 5.32 Å². The van der Waals surface area contributed by atoms with Gasteiger partial charge in [0.05, 0.1) is 17.4 Å². The Morgan fingerprint density at radius 1 is 1.42 bits per heavy atom. The third-order valence-corrected chi connectivity index (χ3v) is 4.61. The summed E-state index contributed by atoms with van der Waals surface area (Å²) < 4.78 is 1.70. The quantitative estimate of drug-likeness (QED) is 0.904. The molecule has 1 aromatic heterocycles. The molecule has 0 aliphatic carbocycles. The second-order valence-electron chi connectivity index (χ2n) is 6.13. The number of amides is 1. The van der Waals surface area contributed by atoms with Crippen molar-refractivity contribution < 1.29 is 4.79 Å². The van der Waals surface area contributed by atoms with Crippen molar-refractivity contribution in [2.24, 2.45) is 0 Å². The molecule has 5 nitrogen and oxygen atoms in total. The van der Waals surface area contributed by atoms with Crippen LogP contribution in [0, 0.1) is 0 Å². The zero-order valence-electron chi connectivity index (χ0n) is 13.9. The van der Waals surface area contributed by atoms with Gasteiger partial charge in [0, 0.05) is 23.8 Å². The summed E-state index contributed by atoms with van der Waals surface area (Å²) in [5, 5.41) is 8.34. The maximum atomic E-state index is 13.0. The first kappa shape index (κ1) is 17.0. The summed E-state index contributed by atoms with van der Waals surface area (Å²) in [6.45, 7) is 4.84. The van der Waals surface area contributed by atoms with E-state index in [2.05, 4.69) is 17.3 Å². The second-order valence-corrected chi connectivity index (χ2v) is 6.57. The van der Waals surface area contributed by atoms with Crippen LogP contribution >= 0.6 is 11.6 Å². The van der Waals surface area contributed by atoms with Gasteiger partial charge in [0.1, 0.15) is 0 Å². The summed E-state index contributed by atoms with van der Waals surface area (Å²) in [6.07, 6.45) is 6.41. The van der Waals surface area contributed by atoms with E-state index in [0.717, 1.165) is 44.6 Å². The predicted molar refractivity (Wildman–Crippen MR) is 95.8 cm³/mol. The number of hydrogen-bond acceptors (Lipinski definition) is 3. The highest BCUT2D eigenvalue weighted by molar-refractivity contribution is 6.30. The van der Waals surface area contributed by atoms with Gasteiger partial charge in [0.2, 0.25) is 0 Å². The van der Waals surface area contributed by atoms with Gasteiger partial charge in [-0.3, -0.25) is 4.79 Å². The van der Waals surface area contributed by atoms with Crippen molar-refractivity contribution in [3.63, 3.8) is 0 Å². The zero-order valence-corrected chi connectivity index (χ0v) is 14.7. The van der Waals surface area contributed by atoms with E-state index >= 15 is 0 Å². The number of piperidine rings is 1. The van der Waals surface area contributed by atoms with Gasteiger partial charge < -0.3 is 10.2 Å². The molecule has 0 bridgehead atoms. The fourth-order valence-electron chi connectivity index (χ4n) is 3.17. The summed E-state index contributed by atoms with van der Waals surface area (Å²) >= 11 is 6.04. The molecule has 2 aromatic rings. The average molecular weight is 347 g/mol. The maximum Gasteiger partial charge on any atom is 0.257 e. The molecule has 0 radical (unpaired) electrons. The summed E-state index contributed by atoms with van der Waals surface area (Å²) in [4.78, 5) is 15.0. The maximum absolute atomic E-state index is 13.0. The highest BCUT2D eigenvalue weighted by Crippen LogP contribution is 2.18. The van der Waals surface area contributed by atoms with Gasteiger partial charge >= 0.3 is 0 Å². The third kappa shape index (κ3) is 3.79. The van der Waals surface area contributed by atoms with Crippen molar-refractivity contribution in [1.82, 2.24) is 20.0 Å². The minimum Gasteiger partial charge on any atom is -0.335 e. The Kier molecular flexibility index (Phi) is 5.53. The molecular weight excluding hydrogens is 324 g/mol. The molecule has 128 valence electrons. The fraction of sp³-hybridized carbons (Fsp3) is 0.444. The number of rotatable bonds is 5. The highest BCUT2D eigenvalue weighted by Gasteiger charge is 2.26. The number of halogens is 1. The molecule has 0 unspecified atom stereocenters. The van der Waals surface area contributed by atoms with E-state index in [1.807, 2.05) is 29.2 Å². The Bertz CT molecular complexity index is 694. The first-order valence-electron chi connectivity index (χ1n) is 8.51. The van der Waals surface area contributed by atoms with Crippen LogP contribution in [-0.2, 0) is 0 Å². The second kappa shape index (κ2) is 7.81. The summed E-state index contributed by atoms with van der Waals surface area (Å²) in [7, 11) is 0. The number of nitrogens with one attached hydrogen (secondary N) is 1. The molecule has 1 N–H and O–H groups in total. The van der Waals surface area contributed by atoms with Crippen molar-refractivity contribution in [1.29, 1.82) is 0 Å². The molecule has 1 aliphatic rings. The Hall–Kier alpha value is -1.85. The molecule has 0 spiro atoms. The lowest BCUT2D eigenvalue weighted by Gasteiger charge is -2.34. The molecule has 2 heterocycles. The molecule has 1 fully saturated rings. The Labute approximate surface area is 147 Å². The molecule has 6 heteroatoms. The predicted octanol–water partition coefficient (Wildman–Crippen LogP) is 3.13. The van der Waals surface area contributed by atoms with Crippen molar-refractivity contribution in [2.75, 3.05) is 19.6 Å². The number of benzene rings is 1. The van der Waals surface area contributed by atoms with Crippen molar-refractivity contribution in [3.8, 4) is 5.69 Å². The highest BCUT2D eigenvalue weighted by atomic mass is 35.5. The molecule has 0 atom stereocenters. The van der Waals surface area contributed by atoms with E-state index in [4.69, 9.17) is 11.6 Å². The van der Waals surface area contributed by atoms with Crippen molar-refractivity contribution >= 4 is 17.5 Å². The average Bonchev–Trinajstić information content (AvgIpc) is 3.10. The van der Waals surface area contributed by atoms with Crippen LogP contribution in [0.25, 0.3) is 5.69 Å². The standard InChI is InChI=1S/C18H23ClN4O/c1-2-10-22(16-6-8-20-9-7-16)18(24)14-12-21-23(13-14)17-5-3-4-15(19)11-17/h3-5,11-13,16,20H,2,6-10H2,1H3. The number of nitrogens with zero attached hydrogens (tertiary/aromatic N) is 3. The van der Waals surface area contributed by atoms with E-state index in [1.165, 1.54) is 0 Å². The topological polar surface area (TPSA) is 50.2 Å². The molecule has 1 aliphatic heterocycles. The van der Waals surface area contributed by atoms with Gasteiger partial charge in [-0.05, 0) is 50.6 Å². The van der Waals surface area contributed by atoms with Crippen LogP contribution in [0.2, 0.25) is 5.02 Å². The number of hydrogen-bond donors (Lipinski definition) is 1. The number of carbonyl (C=O) groups is 1. The molecule has 24 heavy (non-hydrogen) atoms. The molecular formula is C18H23ClN4O. The van der Waals surface area contributed by atoms with Crippen LogP contribution in [0.15, 0.2) is 36.7 Å². The van der Waals surface area contributed by atoms with E-state index in [0.29, 0.717) is 16.6 Å². The largest absolute Gasteiger partial charge is 0.335 e. The molecule has 1 amide bonds. The summed E-state index contributed by atoms with van der Waals surface area (Å²) in [5.41, 5.74) is 1.48. The summed E-state index contributed by atoms with van der Waals surface area (Å²) in [6, 6.07) is 7.76. The van der Waals surface area contributed by atoms with Gasteiger partial charge in [-0.25, -0.2) is 4.68 Å². The Morgan fingerprint density at radius 2 is 2.21 bits per heavy atom. The lowest BCUT2D eigenvalue weighted by molar-refractivity contribution is 0.0642. The minimum absolute atomic E-state index is 0.0667. The van der Waals surface area contributed by atoms with Crippen LogP contribution in [0.3, 0.4) is 0 Å². The van der Waals surface area contributed by atoms with Gasteiger partial charge in [-0.1, -0.05) is 24.6 Å². The third-order valence-electron chi connectivity index (χ3n) is 4.38. The first-order chi connectivity index (χ1) is 11.7. The van der Waals surface area contributed by atoms with E-state index in [1.54, 1.807) is 17.1 Å². The van der Waals surface area contributed by atoms with Crippen molar-refractivity contribution in [2.45, 2.75) is 32.2 Å². The molecule has 3 rings (SSSR count). The van der Waals surface area contributed by atoms with Crippen LogP contribution in [0.5, 0.6) is 0 Å². The summed E-state index contributed by atoms with van der Waals surface area (Å²) in [5.74, 6) is 0.0667. The fourth-order valence-corrected chi connectivity index (χ4v) is 3.35. The lowest BCUT2D eigenvalue weighted by atomic mass is 10.0. The Morgan fingerprint density at radius 3 is 2.92 bits per heavy atom. The van der Waals surface area contributed by atoms with E-state index in [9.17, 15) is 4.79 Å². The SMILES string of the molecule is CCCN(C(=O)c1cnn(-c2cccc(Cl)c2)c1)C1CCNCC1. The smallest absolute Gasteiger partial charge is 0.257 e. The number of aromatic nitrogens is 2. The van der Waals surface area contributed by atoms with E-state index < -0.39 is 0 Å². The molecule has 0 saturated carbocycles. The Balaban J connectivity index is 1.80.